The van der Waals surface area contributed by atoms with E-state index < -0.39 is 11.4 Å². The van der Waals surface area contributed by atoms with E-state index in [9.17, 15) is 9.18 Å². The maximum Gasteiger partial charge on any atom is 0.271 e. The molecule has 2 heterocycles. The van der Waals surface area contributed by atoms with Crippen LogP contribution in [0.1, 0.15) is 0 Å². The van der Waals surface area contributed by atoms with Gasteiger partial charge in [-0.1, -0.05) is 11.8 Å². The molecule has 62 valence electrons. The Morgan fingerprint density at radius 3 is 3.33 bits per heavy atom. The van der Waals surface area contributed by atoms with E-state index in [-0.39, 0.29) is 0 Å². The van der Waals surface area contributed by atoms with Gasteiger partial charge >= 0.3 is 0 Å². The number of amides is 1. The Morgan fingerprint density at radius 2 is 2.50 bits per heavy atom. The van der Waals surface area contributed by atoms with Crippen molar-refractivity contribution in [2.24, 2.45) is 0 Å². The summed E-state index contributed by atoms with van der Waals surface area (Å²) in [5, 5.41) is 2.36. The van der Waals surface area contributed by atoms with E-state index >= 15 is 0 Å². The largest absolute Gasteiger partial charge is 0.306 e. The van der Waals surface area contributed by atoms with Gasteiger partial charge in [0.15, 0.2) is 0 Å². The van der Waals surface area contributed by atoms with Crippen LogP contribution >= 0.6 is 11.8 Å². The van der Waals surface area contributed by atoms with Gasteiger partial charge in [0.2, 0.25) is 5.50 Å². The topological polar surface area (TPSA) is 42.0 Å². The molecule has 0 radical (unpaired) electrons. The zero-order valence-electron chi connectivity index (χ0n) is 5.95. The SMILES string of the molecule is O=C1Nc2ncccc2SC1F. The lowest BCUT2D eigenvalue weighted by Crippen LogP contribution is -2.26. The van der Waals surface area contributed by atoms with Crippen molar-refractivity contribution >= 4 is 23.5 Å². The van der Waals surface area contributed by atoms with Gasteiger partial charge in [-0.25, -0.2) is 9.37 Å². The van der Waals surface area contributed by atoms with Crippen LogP contribution < -0.4 is 5.32 Å². The fraction of sp³-hybridized carbons (Fsp3) is 0.143. The molecule has 0 aliphatic carbocycles. The van der Waals surface area contributed by atoms with Crippen molar-refractivity contribution in [2.75, 3.05) is 5.32 Å². The molecule has 0 aromatic carbocycles. The van der Waals surface area contributed by atoms with E-state index in [4.69, 9.17) is 0 Å². The number of nitrogens with zero attached hydrogens (tertiary/aromatic N) is 1. The number of nitrogens with one attached hydrogen (secondary N) is 1. The molecule has 2 rings (SSSR count). The summed E-state index contributed by atoms with van der Waals surface area (Å²) in [5.74, 6) is -0.187. The van der Waals surface area contributed by atoms with E-state index in [2.05, 4.69) is 10.3 Å². The molecule has 1 aliphatic rings. The van der Waals surface area contributed by atoms with Gasteiger partial charge in [0, 0.05) is 6.20 Å². The van der Waals surface area contributed by atoms with E-state index in [1.165, 1.54) is 0 Å². The molecule has 12 heavy (non-hydrogen) atoms. The van der Waals surface area contributed by atoms with Crippen molar-refractivity contribution in [3.63, 3.8) is 0 Å². The number of aromatic nitrogens is 1. The Kier molecular flexibility index (Phi) is 1.73. The maximum atomic E-state index is 12.8. The lowest BCUT2D eigenvalue weighted by molar-refractivity contribution is -0.118. The quantitative estimate of drug-likeness (QED) is 0.663. The second-order valence-electron chi connectivity index (χ2n) is 2.27. The molecule has 1 amide bonds. The molecule has 1 unspecified atom stereocenters. The van der Waals surface area contributed by atoms with Crippen LogP contribution in [0.5, 0.6) is 0 Å². The van der Waals surface area contributed by atoms with Crippen LogP contribution in [-0.2, 0) is 4.79 Å². The summed E-state index contributed by atoms with van der Waals surface area (Å²) in [6.07, 6.45) is 1.55. The predicted molar refractivity (Wildman–Crippen MR) is 43.6 cm³/mol. The Balaban J connectivity index is 2.40. The second kappa shape index (κ2) is 2.75. The highest BCUT2D eigenvalue weighted by Gasteiger charge is 2.26. The summed E-state index contributed by atoms with van der Waals surface area (Å²) in [5.41, 5.74) is -1.51. The van der Waals surface area contributed by atoms with E-state index in [1.807, 2.05) is 0 Å². The molecule has 0 saturated carbocycles. The van der Waals surface area contributed by atoms with Crippen molar-refractivity contribution in [2.45, 2.75) is 10.4 Å². The van der Waals surface area contributed by atoms with Gasteiger partial charge in [0.25, 0.3) is 5.91 Å². The van der Waals surface area contributed by atoms with Crippen LogP contribution in [0.2, 0.25) is 0 Å². The number of alkyl halides is 1. The van der Waals surface area contributed by atoms with Gasteiger partial charge < -0.3 is 5.32 Å². The van der Waals surface area contributed by atoms with Gasteiger partial charge in [-0.2, -0.15) is 0 Å². The number of carbonyl (C=O) groups is 1. The average molecular weight is 184 g/mol. The maximum absolute atomic E-state index is 12.8. The first-order valence-electron chi connectivity index (χ1n) is 3.34. The molecule has 1 N–H and O–H groups in total. The van der Waals surface area contributed by atoms with Gasteiger partial charge in [-0.3, -0.25) is 4.79 Å². The fourth-order valence-corrected chi connectivity index (χ4v) is 1.68. The van der Waals surface area contributed by atoms with Crippen LogP contribution in [-0.4, -0.2) is 16.4 Å². The number of hydrogen-bond acceptors (Lipinski definition) is 3. The highest BCUT2D eigenvalue weighted by molar-refractivity contribution is 8.00. The van der Waals surface area contributed by atoms with E-state index in [0.717, 1.165) is 11.8 Å². The minimum Gasteiger partial charge on any atom is -0.306 e. The zero-order valence-corrected chi connectivity index (χ0v) is 6.77. The number of halogens is 1. The first kappa shape index (κ1) is 7.54. The van der Waals surface area contributed by atoms with Crippen LogP contribution in [0.25, 0.3) is 0 Å². The Morgan fingerprint density at radius 1 is 1.67 bits per heavy atom. The standard InChI is InChI=1S/C7H5FN2OS/c8-5-7(11)10-6-4(12-5)2-1-3-9-6/h1-3,5H,(H,9,10,11). The van der Waals surface area contributed by atoms with Gasteiger partial charge in [0.05, 0.1) is 4.90 Å². The highest BCUT2D eigenvalue weighted by atomic mass is 32.2. The molecule has 0 spiro atoms. The summed E-state index contributed by atoms with van der Waals surface area (Å²) >= 11 is 0.879. The second-order valence-corrected chi connectivity index (χ2v) is 3.36. The zero-order chi connectivity index (χ0) is 8.55. The number of thioether (sulfide) groups is 1. The van der Waals surface area contributed by atoms with Crippen molar-refractivity contribution in [3.8, 4) is 0 Å². The molecular formula is C7H5FN2OS. The molecule has 1 aliphatic heterocycles. The molecule has 0 saturated heterocycles. The first-order valence-corrected chi connectivity index (χ1v) is 4.22. The monoisotopic (exact) mass is 184 g/mol. The van der Waals surface area contributed by atoms with Gasteiger partial charge in [-0.15, -0.1) is 0 Å². The minimum absolute atomic E-state index is 0.446. The highest BCUT2D eigenvalue weighted by Crippen LogP contribution is 2.33. The van der Waals surface area contributed by atoms with E-state index in [0.29, 0.717) is 10.7 Å². The van der Waals surface area contributed by atoms with Crippen LogP contribution in [0.3, 0.4) is 0 Å². The number of fused-ring (bicyclic) bond motifs is 1. The van der Waals surface area contributed by atoms with Crippen molar-refractivity contribution in [1.82, 2.24) is 4.98 Å². The summed E-state index contributed by atoms with van der Waals surface area (Å²) in [4.78, 5) is 15.4. The number of anilines is 1. The first-order chi connectivity index (χ1) is 5.77. The Hall–Kier alpha value is -1.10. The normalized spacial score (nSPS) is 21.4. The summed E-state index contributed by atoms with van der Waals surface area (Å²) < 4.78 is 12.8. The third-order valence-corrected chi connectivity index (χ3v) is 2.45. The molecular weight excluding hydrogens is 179 g/mol. The van der Waals surface area contributed by atoms with Crippen LogP contribution in [0.15, 0.2) is 23.2 Å². The Bertz CT molecular complexity index is 331. The molecule has 1 aromatic heterocycles. The third-order valence-electron chi connectivity index (χ3n) is 1.45. The molecule has 3 nitrogen and oxygen atoms in total. The molecule has 0 bridgehead atoms. The van der Waals surface area contributed by atoms with E-state index in [1.54, 1.807) is 18.3 Å². The summed E-state index contributed by atoms with van der Waals surface area (Å²) in [6.45, 7) is 0. The number of hydrogen-bond donors (Lipinski definition) is 1. The smallest absolute Gasteiger partial charge is 0.271 e. The van der Waals surface area contributed by atoms with Gasteiger partial charge in [0.1, 0.15) is 5.82 Å². The van der Waals surface area contributed by atoms with Crippen molar-refractivity contribution in [3.05, 3.63) is 18.3 Å². The summed E-state index contributed by atoms with van der Waals surface area (Å²) in [7, 11) is 0. The number of pyridine rings is 1. The summed E-state index contributed by atoms with van der Waals surface area (Å²) in [6, 6.07) is 3.43. The molecule has 1 aromatic rings. The fourth-order valence-electron chi connectivity index (χ4n) is 0.918. The molecule has 5 heteroatoms. The van der Waals surface area contributed by atoms with Crippen molar-refractivity contribution < 1.29 is 9.18 Å². The van der Waals surface area contributed by atoms with Crippen LogP contribution in [0, 0.1) is 0 Å². The third kappa shape index (κ3) is 1.16. The van der Waals surface area contributed by atoms with Gasteiger partial charge in [-0.05, 0) is 12.1 Å². The lowest BCUT2D eigenvalue weighted by atomic mass is 10.4. The van der Waals surface area contributed by atoms with Crippen LogP contribution in [0.4, 0.5) is 10.2 Å². The van der Waals surface area contributed by atoms with Crippen molar-refractivity contribution in [1.29, 1.82) is 0 Å². The Labute approximate surface area is 72.4 Å². The predicted octanol–water partition coefficient (Wildman–Crippen LogP) is 1.42. The molecule has 1 atom stereocenters. The molecule has 0 fully saturated rings. The minimum atomic E-state index is -1.51. The number of carbonyl (C=O) groups excluding carboxylic acids is 1. The number of rotatable bonds is 0. The lowest BCUT2D eigenvalue weighted by Gasteiger charge is -2.16. The average Bonchev–Trinajstić information content (AvgIpc) is 2.07.